The fourth-order valence-corrected chi connectivity index (χ4v) is 3.61. The fourth-order valence-electron chi connectivity index (χ4n) is 3.61. The number of aliphatic hydroxyl groups is 1. The minimum absolute atomic E-state index is 0.465. The highest BCUT2D eigenvalue weighted by atomic mass is 16.5. The number of allylic oxidation sites excluding steroid dienone is 3. The van der Waals surface area contributed by atoms with E-state index in [1.165, 1.54) is 24.8 Å². The summed E-state index contributed by atoms with van der Waals surface area (Å²) in [6.45, 7) is 5.25. The van der Waals surface area contributed by atoms with Crippen LogP contribution in [0, 0.1) is 5.92 Å². The first-order chi connectivity index (χ1) is 8.79. The van der Waals surface area contributed by atoms with Crippen LogP contribution >= 0.6 is 0 Å². The standard InChI is InChI=1S/C15H23NO2/c1-2-7-16-8-9-18-15-13-10-12(17)5-3-11(13)4-6-14(15)16/h10-11,14,17H,2-9H2,1H3. The van der Waals surface area contributed by atoms with Gasteiger partial charge in [-0.25, -0.2) is 0 Å². The highest BCUT2D eigenvalue weighted by Gasteiger charge is 2.37. The molecule has 1 aliphatic heterocycles. The molecule has 100 valence electrons. The van der Waals surface area contributed by atoms with Crippen LogP contribution in [0.4, 0.5) is 0 Å². The lowest BCUT2D eigenvalue weighted by atomic mass is 9.77. The third kappa shape index (κ3) is 2.05. The highest BCUT2D eigenvalue weighted by Crippen LogP contribution is 2.41. The molecule has 0 spiro atoms. The van der Waals surface area contributed by atoms with Crippen LogP contribution < -0.4 is 0 Å². The van der Waals surface area contributed by atoms with Gasteiger partial charge in [0, 0.05) is 13.0 Å². The van der Waals surface area contributed by atoms with Crippen LogP contribution in [0.25, 0.3) is 0 Å². The van der Waals surface area contributed by atoms with Crippen LogP contribution in [-0.2, 0) is 4.74 Å². The van der Waals surface area contributed by atoms with Crippen LogP contribution in [-0.4, -0.2) is 35.7 Å². The Kier molecular flexibility index (Phi) is 3.33. The normalized spacial score (nSPS) is 32.4. The molecule has 1 N–H and O–H groups in total. The summed E-state index contributed by atoms with van der Waals surface area (Å²) in [7, 11) is 0. The highest BCUT2D eigenvalue weighted by molar-refractivity contribution is 5.34. The van der Waals surface area contributed by atoms with E-state index in [0.29, 0.717) is 17.7 Å². The van der Waals surface area contributed by atoms with Gasteiger partial charge in [-0.2, -0.15) is 0 Å². The van der Waals surface area contributed by atoms with E-state index in [-0.39, 0.29) is 0 Å². The molecule has 0 aromatic rings. The first-order valence-electron chi connectivity index (χ1n) is 7.30. The van der Waals surface area contributed by atoms with E-state index in [1.54, 1.807) is 0 Å². The Bertz CT molecular complexity index is 384. The Morgan fingerprint density at radius 2 is 2.28 bits per heavy atom. The van der Waals surface area contributed by atoms with Gasteiger partial charge in [0.05, 0.1) is 11.8 Å². The number of nitrogens with zero attached hydrogens (tertiary/aromatic N) is 1. The van der Waals surface area contributed by atoms with E-state index in [4.69, 9.17) is 4.74 Å². The zero-order valence-corrected chi connectivity index (χ0v) is 11.2. The molecule has 0 amide bonds. The molecule has 1 heterocycles. The molecule has 1 saturated heterocycles. The van der Waals surface area contributed by atoms with Gasteiger partial charge in [0.15, 0.2) is 0 Å². The minimum Gasteiger partial charge on any atom is -0.512 e. The Morgan fingerprint density at radius 1 is 1.39 bits per heavy atom. The van der Waals surface area contributed by atoms with Gasteiger partial charge >= 0.3 is 0 Å². The predicted molar refractivity (Wildman–Crippen MR) is 71.3 cm³/mol. The molecule has 0 saturated carbocycles. The SMILES string of the molecule is CCCN1CCOC2=C3C=C(O)CCC3CCC21. The second-order valence-corrected chi connectivity index (χ2v) is 5.67. The van der Waals surface area contributed by atoms with Crippen LogP contribution in [0.15, 0.2) is 23.2 Å². The molecule has 0 radical (unpaired) electrons. The average Bonchev–Trinajstić information content (AvgIpc) is 2.39. The minimum atomic E-state index is 0.465. The molecule has 2 atom stereocenters. The predicted octanol–water partition coefficient (Wildman–Crippen LogP) is 3.00. The molecule has 3 aliphatic rings. The number of morpholine rings is 1. The second-order valence-electron chi connectivity index (χ2n) is 5.67. The van der Waals surface area contributed by atoms with Gasteiger partial charge in [-0.1, -0.05) is 6.92 Å². The van der Waals surface area contributed by atoms with Crippen LogP contribution in [0.1, 0.15) is 39.0 Å². The molecule has 1 fully saturated rings. The van der Waals surface area contributed by atoms with Crippen LogP contribution in [0.3, 0.4) is 0 Å². The Balaban J connectivity index is 1.92. The number of rotatable bonds is 2. The van der Waals surface area contributed by atoms with Gasteiger partial charge in [-0.3, -0.25) is 4.90 Å². The number of hydrogen-bond donors (Lipinski definition) is 1. The van der Waals surface area contributed by atoms with E-state index in [9.17, 15) is 5.11 Å². The van der Waals surface area contributed by atoms with Crippen LogP contribution in [0.2, 0.25) is 0 Å². The van der Waals surface area contributed by atoms with Crippen molar-refractivity contribution in [2.24, 2.45) is 5.92 Å². The van der Waals surface area contributed by atoms with Gasteiger partial charge in [0.25, 0.3) is 0 Å². The van der Waals surface area contributed by atoms with Gasteiger partial charge in [-0.15, -0.1) is 0 Å². The molecule has 0 bridgehead atoms. The first-order valence-corrected chi connectivity index (χ1v) is 7.30. The van der Waals surface area contributed by atoms with E-state index in [0.717, 1.165) is 38.3 Å². The van der Waals surface area contributed by atoms with Crippen molar-refractivity contribution in [1.29, 1.82) is 0 Å². The zero-order valence-electron chi connectivity index (χ0n) is 11.2. The maximum absolute atomic E-state index is 9.77. The third-order valence-electron chi connectivity index (χ3n) is 4.47. The lowest BCUT2D eigenvalue weighted by Crippen LogP contribution is -2.47. The summed E-state index contributed by atoms with van der Waals surface area (Å²) in [5, 5.41) is 9.77. The average molecular weight is 249 g/mol. The fraction of sp³-hybridized carbons (Fsp3) is 0.733. The van der Waals surface area contributed by atoms with Crippen molar-refractivity contribution < 1.29 is 9.84 Å². The molecule has 3 nitrogen and oxygen atoms in total. The summed E-state index contributed by atoms with van der Waals surface area (Å²) < 4.78 is 5.96. The summed E-state index contributed by atoms with van der Waals surface area (Å²) >= 11 is 0. The quantitative estimate of drug-likeness (QED) is 0.816. The van der Waals surface area contributed by atoms with E-state index in [1.807, 2.05) is 6.08 Å². The molecule has 2 aliphatic carbocycles. The number of fused-ring (bicyclic) bond motifs is 2. The lowest BCUT2D eigenvalue weighted by molar-refractivity contribution is 0.0315. The summed E-state index contributed by atoms with van der Waals surface area (Å²) in [4.78, 5) is 2.56. The molecule has 0 aromatic heterocycles. The van der Waals surface area contributed by atoms with Crippen molar-refractivity contribution in [2.45, 2.75) is 45.1 Å². The van der Waals surface area contributed by atoms with E-state index >= 15 is 0 Å². The Labute approximate surface area is 109 Å². The first kappa shape index (κ1) is 12.1. The maximum Gasteiger partial charge on any atom is 0.117 e. The topological polar surface area (TPSA) is 32.7 Å². The molecule has 3 rings (SSSR count). The second kappa shape index (κ2) is 4.96. The van der Waals surface area contributed by atoms with Crippen LogP contribution in [0.5, 0.6) is 0 Å². The van der Waals surface area contributed by atoms with Crippen molar-refractivity contribution >= 4 is 0 Å². The van der Waals surface area contributed by atoms with Crippen molar-refractivity contribution in [3.63, 3.8) is 0 Å². The molecule has 2 unspecified atom stereocenters. The lowest BCUT2D eigenvalue weighted by Gasteiger charge is -2.43. The maximum atomic E-state index is 9.77. The molecular weight excluding hydrogens is 226 g/mol. The Morgan fingerprint density at radius 3 is 3.11 bits per heavy atom. The van der Waals surface area contributed by atoms with E-state index in [2.05, 4.69) is 11.8 Å². The monoisotopic (exact) mass is 249 g/mol. The molecule has 3 heteroatoms. The largest absolute Gasteiger partial charge is 0.512 e. The Hall–Kier alpha value is -0.960. The zero-order chi connectivity index (χ0) is 12.5. The number of hydrogen-bond acceptors (Lipinski definition) is 3. The summed E-state index contributed by atoms with van der Waals surface area (Å²) in [6.07, 6.45) is 7.57. The van der Waals surface area contributed by atoms with Crippen molar-refractivity contribution in [3.8, 4) is 0 Å². The summed E-state index contributed by atoms with van der Waals surface area (Å²) in [5.41, 5.74) is 1.29. The van der Waals surface area contributed by atoms with Crippen molar-refractivity contribution in [2.75, 3.05) is 19.7 Å². The van der Waals surface area contributed by atoms with Gasteiger partial charge in [0.2, 0.25) is 0 Å². The van der Waals surface area contributed by atoms with Gasteiger partial charge in [0.1, 0.15) is 12.4 Å². The number of ether oxygens (including phenoxy) is 1. The smallest absolute Gasteiger partial charge is 0.117 e. The molecule has 0 aromatic carbocycles. The number of aliphatic hydroxyl groups excluding tert-OH is 1. The van der Waals surface area contributed by atoms with Gasteiger partial charge < -0.3 is 9.84 Å². The van der Waals surface area contributed by atoms with Crippen molar-refractivity contribution in [3.05, 3.63) is 23.2 Å². The van der Waals surface area contributed by atoms with Crippen molar-refractivity contribution in [1.82, 2.24) is 4.90 Å². The summed E-state index contributed by atoms with van der Waals surface area (Å²) in [5.74, 6) is 2.32. The van der Waals surface area contributed by atoms with E-state index < -0.39 is 0 Å². The third-order valence-corrected chi connectivity index (χ3v) is 4.47. The van der Waals surface area contributed by atoms with Gasteiger partial charge in [-0.05, 0) is 49.8 Å². The molecule has 18 heavy (non-hydrogen) atoms. The summed E-state index contributed by atoms with van der Waals surface area (Å²) in [6, 6.07) is 0.465. The molecular formula is C15H23NO2.